The maximum atomic E-state index is 12.5. The van der Waals surface area contributed by atoms with Gasteiger partial charge in [-0.3, -0.25) is 4.79 Å². The minimum absolute atomic E-state index is 0.0137. The third-order valence-corrected chi connectivity index (χ3v) is 3.37. The van der Waals surface area contributed by atoms with Crippen LogP contribution in [0.15, 0.2) is 17.5 Å². The van der Waals surface area contributed by atoms with E-state index in [-0.39, 0.29) is 17.7 Å². The van der Waals surface area contributed by atoms with E-state index in [0.717, 1.165) is 24.2 Å². The van der Waals surface area contributed by atoms with Crippen LogP contribution in [0.2, 0.25) is 0 Å². The Morgan fingerprint density at radius 1 is 1.40 bits per heavy atom. The Hall–Kier alpha value is -1.82. The molecule has 2 heterocycles. The number of nitrogens with two attached hydrogens (primary N) is 1. The van der Waals surface area contributed by atoms with Crippen molar-refractivity contribution in [2.24, 2.45) is 22.7 Å². The number of aromatic nitrogens is 2. The molecular formula is C14H21N5O. The van der Waals surface area contributed by atoms with Crippen molar-refractivity contribution in [3.8, 4) is 0 Å². The molecule has 1 amide bonds. The second kappa shape index (κ2) is 6.09. The lowest BCUT2D eigenvalue weighted by Gasteiger charge is -2.14. The highest BCUT2D eigenvalue weighted by Crippen LogP contribution is 2.28. The van der Waals surface area contributed by atoms with Crippen LogP contribution >= 0.6 is 0 Å². The number of carbonyl (C=O) groups is 1. The molecule has 1 aromatic rings. The van der Waals surface area contributed by atoms with Gasteiger partial charge in [0.15, 0.2) is 5.82 Å². The topological polar surface area (TPSA) is 84.5 Å². The number of hydrazone groups is 1. The third-order valence-electron chi connectivity index (χ3n) is 3.37. The molecule has 0 aromatic carbocycles. The predicted octanol–water partition coefficient (Wildman–Crippen LogP) is 1.50. The maximum Gasteiger partial charge on any atom is 0.257 e. The summed E-state index contributed by atoms with van der Waals surface area (Å²) in [6.07, 6.45) is 3.02. The Morgan fingerprint density at radius 3 is 2.75 bits per heavy atom. The number of carbonyl (C=O) groups excluding carboxylic acids is 1. The average molecular weight is 275 g/mol. The van der Waals surface area contributed by atoms with Crippen molar-refractivity contribution in [1.82, 2.24) is 9.97 Å². The van der Waals surface area contributed by atoms with Gasteiger partial charge in [0.25, 0.3) is 5.91 Å². The van der Waals surface area contributed by atoms with Crippen molar-refractivity contribution in [2.75, 3.05) is 11.6 Å². The summed E-state index contributed by atoms with van der Waals surface area (Å²) in [4.78, 5) is 20.7. The molecule has 2 rings (SSSR count). The van der Waals surface area contributed by atoms with Gasteiger partial charge in [-0.1, -0.05) is 13.8 Å². The van der Waals surface area contributed by atoms with Gasteiger partial charge < -0.3 is 5.73 Å². The number of anilines is 1. The molecule has 0 radical (unpaired) electrons. The van der Waals surface area contributed by atoms with Gasteiger partial charge in [0, 0.05) is 11.8 Å². The molecule has 1 atom stereocenters. The fraction of sp³-hybridized carbons (Fsp3) is 0.571. The molecule has 1 aromatic heterocycles. The molecule has 0 fully saturated rings. The van der Waals surface area contributed by atoms with Crippen LogP contribution in [0.4, 0.5) is 5.82 Å². The van der Waals surface area contributed by atoms with Crippen LogP contribution < -0.4 is 10.7 Å². The number of aryl methyl sites for hydroxylation is 1. The molecule has 6 nitrogen and oxygen atoms in total. The van der Waals surface area contributed by atoms with Crippen LogP contribution in [0.25, 0.3) is 0 Å². The van der Waals surface area contributed by atoms with Crippen LogP contribution in [-0.4, -0.2) is 28.1 Å². The van der Waals surface area contributed by atoms with Gasteiger partial charge in [-0.05, 0) is 32.2 Å². The van der Waals surface area contributed by atoms with E-state index in [2.05, 4.69) is 28.9 Å². The highest BCUT2D eigenvalue weighted by atomic mass is 16.2. The fourth-order valence-corrected chi connectivity index (χ4v) is 2.34. The van der Waals surface area contributed by atoms with Crippen LogP contribution in [0.1, 0.15) is 32.4 Å². The van der Waals surface area contributed by atoms with E-state index in [4.69, 9.17) is 5.73 Å². The van der Waals surface area contributed by atoms with E-state index < -0.39 is 0 Å². The molecule has 1 aliphatic heterocycles. The fourth-order valence-electron chi connectivity index (χ4n) is 2.34. The van der Waals surface area contributed by atoms with E-state index in [0.29, 0.717) is 12.4 Å². The molecule has 1 unspecified atom stereocenters. The second-order valence-corrected chi connectivity index (χ2v) is 5.33. The van der Waals surface area contributed by atoms with Crippen molar-refractivity contribution in [1.29, 1.82) is 0 Å². The Balaban J connectivity index is 2.29. The summed E-state index contributed by atoms with van der Waals surface area (Å²) in [5.74, 6) is 0.583. The van der Waals surface area contributed by atoms with E-state index in [9.17, 15) is 4.79 Å². The lowest BCUT2D eigenvalue weighted by atomic mass is 9.90. The van der Waals surface area contributed by atoms with Gasteiger partial charge in [0.2, 0.25) is 0 Å². The molecule has 108 valence electrons. The first-order valence-electron chi connectivity index (χ1n) is 6.95. The summed E-state index contributed by atoms with van der Waals surface area (Å²) in [5, 5.41) is 5.89. The highest BCUT2D eigenvalue weighted by molar-refractivity contribution is 6.15. The Morgan fingerprint density at radius 2 is 2.15 bits per heavy atom. The number of rotatable bonds is 5. The van der Waals surface area contributed by atoms with Crippen molar-refractivity contribution < 1.29 is 4.79 Å². The largest absolute Gasteiger partial charge is 0.330 e. The average Bonchev–Trinajstić information content (AvgIpc) is 2.74. The molecule has 0 bridgehead atoms. The molecule has 1 aliphatic rings. The zero-order chi connectivity index (χ0) is 14.7. The van der Waals surface area contributed by atoms with Crippen LogP contribution in [-0.2, 0) is 4.79 Å². The number of amides is 1. The monoisotopic (exact) mass is 275 g/mol. The van der Waals surface area contributed by atoms with E-state index in [1.807, 2.05) is 6.92 Å². The first kappa shape index (κ1) is 14.6. The first-order valence-corrected chi connectivity index (χ1v) is 6.95. The lowest BCUT2D eigenvalue weighted by molar-refractivity contribution is -0.120. The first-order chi connectivity index (χ1) is 9.54. The third kappa shape index (κ3) is 2.85. The van der Waals surface area contributed by atoms with Crippen molar-refractivity contribution in [3.05, 3.63) is 18.1 Å². The summed E-state index contributed by atoms with van der Waals surface area (Å²) in [6, 6.07) is 1.77. The van der Waals surface area contributed by atoms with Gasteiger partial charge >= 0.3 is 0 Å². The Bertz CT molecular complexity index is 526. The van der Waals surface area contributed by atoms with Crippen molar-refractivity contribution in [2.45, 2.75) is 33.6 Å². The second-order valence-electron chi connectivity index (χ2n) is 5.33. The number of nitrogens with zero attached hydrogens (tertiary/aromatic N) is 4. The number of hydrogen-bond donors (Lipinski definition) is 1. The van der Waals surface area contributed by atoms with Crippen LogP contribution in [0, 0.1) is 18.8 Å². The molecule has 6 heteroatoms. The summed E-state index contributed by atoms with van der Waals surface area (Å²) < 4.78 is 0. The van der Waals surface area contributed by atoms with Gasteiger partial charge in [-0.2, -0.15) is 10.1 Å². The zero-order valence-corrected chi connectivity index (χ0v) is 12.2. The molecular weight excluding hydrogens is 254 g/mol. The zero-order valence-electron chi connectivity index (χ0n) is 12.2. The number of hydrogen-bond acceptors (Lipinski definition) is 5. The smallest absolute Gasteiger partial charge is 0.257 e. The molecule has 0 saturated carbocycles. The summed E-state index contributed by atoms with van der Waals surface area (Å²) in [6.45, 7) is 6.55. The normalized spacial score (nSPS) is 18.9. The van der Waals surface area contributed by atoms with Crippen LogP contribution in [0.5, 0.6) is 0 Å². The Labute approximate surface area is 119 Å². The van der Waals surface area contributed by atoms with Crippen molar-refractivity contribution in [3.63, 3.8) is 0 Å². The van der Waals surface area contributed by atoms with E-state index in [1.165, 1.54) is 11.3 Å². The maximum absolute atomic E-state index is 12.5. The quantitative estimate of drug-likeness (QED) is 0.882. The van der Waals surface area contributed by atoms with Crippen LogP contribution in [0.3, 0.4) is 0 Å². The van der Waals surface area contributed by atoms with E-state index >= 15 is 0 Å². The standard InChI is InChI=1S/C14H21N5O/c1-9(2)13-11(5-4-6-15)14(20)19(18-13)12-7-10(3)16-8-17-12/h7-9,11H,4-6,15H2,1-3H3. The SMILES string of the molecule is Cc1cc(N2N=C(C(C)C)C(CCCN)C2=O)ncn1. The summed E-state index contributed by atoms with van der Waals surface area (Å²) in [7, 11) is 0. The van der Waals surface area contributed by atoms with Crippen molar-refractivity contribution >= 4 is 17.4 Å². The van der Waals surface area contributed by atoms with Gasteiger partial charge in [0.05, 0.1) is 11.6 Å². The van der Waals surface area contributed by atoms with Gasteiger partial charge in [-0.25, -0.2) is 9.97 Å². The predicted molar refractivity (Wildman–Crippen MR) is 78.3 cm³/mol. The highest BCUT2D eigenvalue weighted by Gasteiger charge is 2.37. The van der Waals surface area contributed by atoms with E-state index in [1.54, 1.807) is 6.07 Å². The minimum atomic E-state index is -0.172. The summed E-state index contributed by atoms with van der Waals surface area (Å²) in [5.41, 5.74) is 7.28. The lowest BCUT2D eigenvalue weighted by Crippen LogP contribution is -2.29. The molecule has 20 heavy (non-hydrogen) atoms. The Kier molecular flexibility index (Phi) is 4.44. The molecule has 0 saturated heterocycles. The molecule has 0 aliphatic carbocycles. The molecule has 2 N–H and O–H groups in total. The van der Waals surface area contributed by atoms with Gasteiger partial charge in [-0.15, -0.1) is 0 Å². The summed E-state index contributed by atoms with van der Waals surface area (Å²) >= 11 is 0. The van der Waals surface area contributed by atoms with Gasteiger partial charge in [0.1, 0.15) is 6.33 Å². The minimum Gasteiger partial charge on any atom is -0.330 e. The molecule has 0 spiro atoms.